The van der Waals surface area contributed by atoms with Gasteiger partial charge in [0.25, 0.3) is 0 Å². The van der Waals surface area contributed by atoms with Crippen molar-refractivity contribution in [2.75, 3.05) is 13.2 Å². The number of para-hydroxylation sites is 2. The summed E-state index contributed by atoms with van der Waals surface area (Å²) < 4.78 is 23.7. The average Bonchev–Trinajstić information content (AvgIpc) is 3.06. The van der Waals surface area contributed by atoms with E-state index in [1.165, 1.54) is 12.1 Å². The van der Waals surface area contributed by atoms with Crippen molar-refractivity contribution in [2.24, 2.45) is 0 Å². The third-order valence-electron chi connectivity index (χ3n) is 7.04. The molecule has 5 rings (SSSR count). The Balaban J connectivity index is 1.20. The summed E-state index contributed by atoms with van der Waals surface area (Å²) >= 11 is 0. The number of hydrogen-bond donors (Lipinski definition) is 2. The molecule has 0 unspecified atom stereocenters. The van der Waals surface area contributed by atoms with E-state index < -0.39 is 17.5 Å². The Morgan fingerprint density at radius 2 is 1.02 bits per heavy atom. The normalized spacial score (nSPS) is 10.6. The Labute approximate surface area is 267 Å². The fourth-order valence-electron chi connectivity index (χ4n) is 4.90. The van der Waals surface area contributed by atoms with Crippen LogP contribution in [0.2, 0.25) is 0 Å². The molecule has 0 bridgehead atoms. The van der Waals surface area contributed by atoms with Gasteiger partial charge in [-0.3, -0.25) is 0 Å². The molecule has 0 atom stereocenters. The zero-order valence-electron chi connectivity index (χ0n) is 25.1. The van der Waals surface area contributed by atoms with Gasteiger partial charge in [-0.15, -0.1) is 0 Å². The van der Waals surface area contributed by atoms with Crippen molar-refractivity contribution >= 4 is 11.9 Å². The van der Waals surface area contributed by atoms with Gasteiger partial charge in [0.2, 0.25) is 0 Å². The molecule has 46 heavy (non-hydrogen) atoms. The fourth-order valence-corrected chi connectivity index (χ4v) is 4.90. The third-order valence-corrected chi connectivity index (χ3v) is 7.04. The Bertz CT molecular complexity index is 1750. The minimum absolute atomic E-state index is 0.0909. The topological polar surface area (TPSA) is 112 Å². The minimum atomic E-state index is -1.40. The highest BCUT2D eigenvalue weighted by Crippen LogP contribution is 2.35. The molecule has 5 aromatic carbocycles. The molecule has 0 amide bonds. The van der Waals surface area contributed by atoms with Crippen LogP contribution in [0.5, 0.6) is 34.5 Å². The molecule has 0 aliphatic carbocycles. The van der Waals surface area contributed by atoms with Crippen LogP contribution in [0, 0.1) is 0 Å². The third kappa shape index (κ3) is 8.89. The summed E-state index contributed by atoms with van der Waals surface area (Å²) in [7, 11) is 0. The number of carbonyl (C=O) groups is 2. The molecule has 0 saturated heterocycles. The van der Waals surface area contributed by atoms with Crippen LogP contribution in [0.4, 0.5) is 0 Å². The maximum Gasteiger partial charge on any atom is 0.340 e. The van der Waals surface area contributed by atoms with Gasteiger partial charge in [-0.25, -0.2) is 9.59 Å². The Morgan fingerprint density at radius 1 is 0.522 bits per heavy atom. The van der Waals surface area contributed by atoms with Gasteiger partial charge in [-0.05, 0) is 97.5 Å². The van der Waals surface area contributed by atoms with Crippen molar-refractivity contribution in [2.45, 2.75) is 25.7 Å². The van der Waals surface area contributed by atoms with Gasteiger partial charge in [-0.1, -0.05) is 60.7 Å². The first-order valence-electron chi connectivity index (χ1n) is 15.0. The van der Waals surface area contributed by atoms with Crippen LogP contribution in [-0.2, 0) is 12.8 Å². The number of rotatable bonds is 16. The Kier molecular flexibility index (Phi) is 10.9. The van der Waals surface area contributed by atoms with E-state index in [9.17, 15) is 19.8 Å². The zero-order chi connectivity index (χ0) is 32.1. The number of carboxylic acids is 2. The Hall–Kier alpha value is -5.76. The van der Waals surface area contributed by atoms with Gasteiger partial charge >= 0.3 is 11.9 Å². The lowest BCUT2D eigenvalue weighted by atomic mass is 10.1. The molecule has 0 radical (unpaired) electrons. The molecule has 5 aromatic rings. The van der Waals surface area contributed by atoms with E-state index in [0.29, 0.717) is 31.4 Å². The SMILES string of the molecule is O=C(O)c1ccc(OCCCc2cccc(Oc3ccccc3)c2)c(OCCCc2cccc(Oc3ccccc3)c2)c1C(=O)O. The van der Waals surface area contributed by atoms with Gasteiger partial charge in [0.15, 0.2) is 11.5 Å². The van der Waals surface area contributed by atoms with E-state index in [1.54, 1.807) is 0 Å². The van der Waals surface area contributed by atoms with Crippen molar-refractivity contribution in [3.63, 3.8) is 0 Å². The molecule has 234 valence electrons. The number of aryl methyl sites for hydroxylation is 2. The number of ether oxygens (including phenoxy) is 4. The average molecular weight is 619 g/mol. The predicted octanol–water partition coefficient (Wildman–Crippen LogP) is 8.69. The van der Waals surface area contributed by atoms with Gasteiger partial charge in [0.05, 0.1) is 18.8 Å². The highest BCUT2D eigenvalue weighted by Gasteiger charge is 2.25. The molecule has 0 aliphatic heterocycles. The molecule has 2 N–H and O–H groups in total. The van der Waals surface area contributed by atoms with Crippen molar-refractivity contribution in [3.8, 4) is 34.5 Å². The van der Waals surface area contributed by atoms with E-state index in [-0.39, 0.29) is 30.3 Å². The van der Waals surface area contributed by atoms with Crippen LogP contribution in [0.15, 0.2) is 121 Å². The second-order valence-electron chi connectivity index (χ2n) is 10.5. The van der Waals surface area contributed by atoms with Gasteiger partial charge < -0.3 is 29.2 Å². The summed E-state index contributed by atoms with van der Waals surface area (Å²) in [5.74, 6) is 0.249. The largest absolute Gasteiger partial charge is 0.490 e. The van der Waals surface area contributed by atoms with Crippen molar-refractivity contribution in [1.29, 1.82) is 0 Å². The first-order chi connectivity index (χ1) is 22.5. The van der Waals surface area contributed by atoms with Gasteiger partial charge in [0, 0.05) is 0 Å². The summed E-state index contributed by atoms with van der Waals surface area (Å²) in [6.45, 7) is 0.414. The lowest BCUT2D eigenvalue weighted by Gasteiger charge is -2.17. The van der Waals surface area contributed by atoms with Crippen LogP contribution in [0.1, 0.15) is 44.7 Å². The highest BCUT2D eigenvalue weighted by atomic mass is 16.5. The van der Waals surface area contributed by atoms with E-state index in [1.807, 2.05) is 109 Å². The molecule has 0 fully saturated rings. The summed E-state index contributed by atoms with van der Waals surface area (Å²) in [5.41, 5.74) is 1.27. The predicted molar refractivity (Wildman–Crippen MR) is 174 cm³/mol. The van der Waals surface area contributed by atoms with Crippen molar-refractivity contribution in [1.82, 2.24) is 0 Å². The maximum atomic E-state index is 12.2. The first kappa shape index (κ1) is 31.7. The van der Waals surface area contributed by atoms with Crippen molar-refractivity contribution in [3.05, 3.63) is 144 Å². The summed E-state index contributed by atoms with van der Waals surface area (Å²) in [6, 6.07) is 37.2. The van der Waals surface area contributed by atoms with Crippen molar-refractivity contribution < 1.29 is 38.7 Å². The monoisotopic (exact) mass is 618 g/mol. The molecule has 8 heteroatoms. The van der Waals surface area contributed by atoms with Crippen LogP contribution < -0.4 is 18.9 Å². The molecular weight excluding hydrogens is 584 g/mol. The quantitative estimate of drug-likeness (QED) is 0.106. The lowest BCUT2D eigenvalue weighted by Crippen LogP contribution is -2.13. The molecular formula is C38H34O8. The summed E-state index contributed by atoms with van der Waals surface area (Å²) in [4.78, 5) is 24.0. The van der Waals surface area contributed by atoms with Gasteiger partial charge in [0.1, 0.15) is 28.6 Å². The van der Waals surface area contributed by atoms with Crippen LogP contribution >= 0.6 is 0 Å². The number of carboxylic acid groups (broad SMARTS) is 2. The number of aromatic carboxylic acids is 2. The first-order valence-corrected chi connectivity index (χ1v) is 15.0. The number of benzene rings is 5. The fraction of sp³-hybridized carbons (Fsp3) is 0.158. The summed E-state index contributed by atoms with van der Waals surface area (Å²) in [6.07, 6.45) is 2.50. The Morgan fingerprint density at radius 3 is 1.52 bits per heavy atom. The standard InChI is InChI=1S/C38H34O8/c39-37(40)33-21-22-34(43-23-9-13-27-11-7-19-31(25-27)45-29-15-3-1-4-16-29)36(35(33)38(41)42)44-24-10-14-28-12-8-20-32(26-28)46-30-17-5-2-6-18-30/h1-8,11-12,15-22,25-26H,9-10,13-14,23-24H2,(H,39,40)(H,41,42). The lowest BCUT2D eigenvalue weighted by molar-refractivity contribution is 0.0646. The minimum Gasteiger partial charge on any atom is -0.490 e. The van der Waals surface area contributed by atoms with Crippen LogP contribution in [0.3, 0.4) is 0 Å². The molecule has 0 aliphatic rings. The van der Waals surface area contributed by atoms with Gasteiger partial charge in [-0.2, -0.15) is 0 Å². The maximum absolute atomic E-state index is 12.2. The highest BCUT2D eigenvalue weighted by molar-refractivity contribution is 6.04. The molecule has 0 spiro atoms. The number of hydrogen-bond acceptors (Lipinski definition) is 6. The second-order valence-corrected chi connectivity index (χ2v) is 10.5. The smallest absolute Gasteiger partial charge is 0.340 e. The van der Waals surface area contributed by atoms with E-state index >= 15 is 0 Å². The molecule has 8 nitrogen and oxygen atoms in total. The van der Waals surface area contributed by atoms with E-state index in [0.717, 1.165) is 28.4 Å². The second kappa shape index (κ2) is 15.8. The summed E-state index contributed by atoms with van der Waals surface area (Å²) in [5, 5.41) is 19.6. The molecule has 0 saturated carbocycles. The van der Waals surface area contributed by atoms with E-state index in [2.05, 4.69) is 0 Å². The molecule has 0 aromatic heterocycles. The molecule has 0 heterocycles. The van der Waals surface area contributed by atoms with Crippen LogP contribution in [0.25, 0.3) is 0 Å². The van der Waals surface area contributed by atoms with E-state index in [4.69, 9.17) is 18.9 Å². The van der Waals surface area contributed by atoms with Crippen LogP contribution in [-0.4, -0.2) is 35.4 Å². The zero-order valence-corrected chi connectivity index (χ0v) is 25.1.